The summed E-state index contributed by atoms with van der Waals surface area (Å²) < 4.78 is 10.3. The quantitative estimate of drug-likeness (QED) is 0.824. The third-order valence-electron chi connectivity index (χ3n) is 2.09. The molecule has 16 heavy (non-hydrogen) atoms. The summed E-state index contributed by atoms with van der Waals surface area (Å²) in [5.74, 6) is 0.608. The minimum absolute atomic E-state index is 0.107. The molecule has 86 valence electrons. The predicted octanol–water partition coefficient (Wildman–Crippen LogP) is 0.791. The van der Waals surface area contributed by atoms with Gasteiger partial charge in [-0.15, -0.1) is 0 Å². The predicted molar refractivity (Wildman–Crippen MR) is 57.0 cm³/mol. The summed E-state index contributed by atoms with van der Waals surface area (Å²) >= 11 is 5.92. The number of aliphatic hydroxyl groups is 1. The van der Waals surface area contributed by atoms with Crippen molar-refractivity contribution in [3.63, 3.8) is 0 Å². The van der Waals surface area contributed by atoms with Crippen LogP contribution in [0, 0.1) is 0 Å². The van der Waals surface area contributed by atoms with Crippen molar-refractivity contribution in [3.8, 4) is 11.5 Å². The Morgan fingerprint density at radius 2 is 2.31 bits per heavy atom. The van der Waals surface area contributed by atoms with E-state index in [2.05, 4.69) is 5.32 Å². The van der Waals surface area contributed by atoms with Crippen molar-refractivity contribution in [1.82, 2.24) is 5.32 Å². The van der Waals surface area contributed by atoms with E-state index >= 15 is 0 Å². The smallest absolute Gasteiger partial charge is 0.251 e. The van der Waals surface area contributed by atoms with Gasteiger partial charge in [0.25, 0.3) is 5.91 Å². The van der Waals surface area contributed by atoms with Crippen LogP contribution in [0.1, 0.15) is 10.4 Å². The molecule has 2 rings (SSSR count). The van der Waals surface area contributed by atoms with Gasteiger partial charge in [0.05, 0.1) is 11.6 Å². The molecule has 1 aliphatic heterocycles. The van der Waals surface area contributed by atoms with E-state index in [-0.39, 0.29) is 25.9 Å². The highest BCUT2D eigenvalue weighted by molar-refractivity contribution is 6.32. The maximum atomic E-state index is 11.6. The number of benzene rings is 1. The Balaban J connectivity index is 2.23. The normalized spacial score (nSPS) is 12.6. The van der Waals surface area contributed by atoms with Crippen LogP contribution in [-0.2, 0) is 0 Å². The standard InChI is InChI=1S/C10H10ClNO4/c11-7-3-6(10(14)12-1-2-13)4-8-9(7)16-5-15-8/h3-4,13H,1-2,5H2,(H,12,14). The van der Waals surface area contributed by atoms with E-state index < -0.39 is 0 Å². The Kier molecular flexibility index (Phi) is 3.17. The molecule has 0 atom stereocenters. The molecule has 1 aliphatic rings. The minimum Gasteiger partial charge on any atom is -0.454 e. The Labute approximate surface area is 96.9 Å². The van der Waals surface area contributed by atoms with E-state index in [9.17, 15) is 4.79 Å². The second kappa shape index (κ2) is 4.59. The molecule has 0 saturated carbocycles. The van der Waals surface area contributed by atoms with E-state index in [1.165, 1.54) is 6.07 Å². The number of fused-ring (bicyclic) bond motifs is 1. The van der Waals surface area contributed by atoms with Crippen molar-refractivity contribution < 1.29 is 19.4 Å². The average Bonchev–Trinajstić information content (AvgIpc) is 2.74. The van der Waals surface area contributed by atoms with Crippen LogP contribution in [0.25, 0.3) is 0 Å². The van der Waals surface area contributed by atoms with Gasteiger partial charge in [0.1, 0.15) is 0 Å². The first-order chi connectivity index (χ1) is 7.72. The lowest BCUT2D eigenvalue weighted by Crippen LogP contribution is -2.26. The van der Waals surface area contributed by atoms with E-state index in [1.54, 1.807) is 6.07 Å². The number of amides is 1. The number of halogens is 1. The van der Waals surface area contributed by atoms with Crippen LogP contribution in [0.5, 0.6) is 11.5 Å². The lowest BCUT2D eigenvalue weighted by atomic mass is 10.2. The first-order valence-corrected chi connectivity index (χ1v) is 5.08. The van der Waals surface area contributed by atoms with Crippen molar-refractivity contribution in [3.05, 3.63) is 22.7 Å². The fourth-order valence-electron chi connectivity index (χ4n) is 1.37. The Morgan fingerprint density at radius 1 is 1.50 bits per heavy atom. The molecule has 1 aromatic rings. The summed E-state index contributed by atoms with van der Waals surface area (Å²) in [5, 5.41) is 11.4. The van der Waals surface area contributed by atoms with E-state index in [0.717, 1.165) is 0 Å². The van der Waals surface area contributed by atoms with Gasteiger partial charge in [-0.1, -0.05) is 11.6 Å². The molecule has 0 aromatic heterocycles. The van der Waals surface area contributed by atoms with Gasteiger partial charge in [-0.25, -0.2) is 0 Å². The zero-order valence-corrected chi connectivity index (χ0v) is 9.08. The van der Waals surface area contributed by atoms with E-state index in [1.807, 2.05) is 0 Å². The number of carbonyl (C=O) groups excluding carboxylic acids is 1. The van der Waals surface area contributed by atoms with Crippen LogP contribution in [0.2, 0.25) is 5.02 Å². The molecule has 2 N–H and O–H groups in total. The summed E-state index contributed by atoms with van der Waals surface area (Å²) in [7, 11) is 0. The van der Waals surface area contributed by atoms with Crippen LogP contribution in [-0.4, -0.2) is 31.0 Å². The molecular weight excluding hydrogens is 234 g/mol. The van der Waals surface area contributed by atoms with Crippen LogP contribution in [0.4, 0.5) is 0 Å². The number of hydrogen-bond donors (Lipinski definition) is 2. The van der Waals surface area contributed by atoms with E-state index in [0.29, 0.717) is 22.1 Å². The van der Waals surface area contributed by atoms with Gasteiger partial charge in [-0.2, -0.15) is 0 Å². The number of rotatable bonds is 3. The largest absolute Gasteiger partial charge is 0.454 e. The Morgan fingerprint density at radius 3 is 3.06 bits per heavy atom. The fraction of sp³-hybridized carbons (Fsp3) is 0.300. The lowest BCUT2D eigenvalue weighted by molar-refractivity contribution is 0.0944. The zero-order chi connectivity index (χ0) is 11.5. The van der Waals surface area contributed by atoms with Gasteiger partial charge in [0, 0.05) is 12.1 Å². The molecule has 0 spiro atoms. The molecule has 5 nitrogen and oxygen atoms in total. The third kappa shape index (κ3) is 2.05. The Hall–Kier alpha value is -1.46. The molecule has 0 saturated heterocycles. The molecule has 1 heterocycles. The highest BCUT2D eigenvalue weighted by Gasteiger charge is 2.20. The summed E-state index contributed by atoms with van der Waals surface area (Å²) in [4.78, 5) is 11.6. The minimum atomic E-state index is -0.311. The molecule has 0 bridgehead atoms. The topological polar surface area (TPSA) is 67.8 Å². The van der Waals surface area contributed by atoms with Crippen molar-refractivity contribution in [2.24, 2.45) is 0 Å². The van der Waals surface area contributed by atoms with Crippen LogP contribution in [0.15, 0.2) is 12.1 Å². The highest BCUT2D eigenvalue weighted by atomic mass is 35.5. The number of hydrogen-bond acceptors (Lipinski definition) is 4. The molecule has 1 amide bonds. The van der Waals surface area contributed by atoms with Gasteiger partial charge in [-0.05, 0) is 12.1 Å². The second-order valence-electron chi connectivity index (χ2n) is 3.17. The SMILES string of the molecule is O=C(NCCO)c1cc(Cl)c2c(c1)OCO2. The average molecular weight is 244 g/mol. The first-order valence-electron chi connectivity index (χ1n) is 4.70. The fourth-order valence-corrected chi connectivity index (χ4v) is 1.64. The van der Waals surface area contributed by atoms with Gasteiger partial charge in [0.2, 0.25) is 6.79 Å². The highest BCUT2D eigenvalue weighted by Crippen LogP contribution is 2.39. The zero-order valence-electron chi connectivity index (χ0n) is 8.33. The molecule has 0 radical (unpaired) electrons. The third-order valence-corrected chi connectivity index (χ3v) is 2.37. The van der Waals surface area contributed by atoms with E-state index in [4.69, 9.17) is 26.2 Å². The molecule has 0 aliphatic carbocycles. The molecule has 0 fully saturated rings. The Bertz CT molecular complexity index is 422. The summed E-state index contributed by atoms with van der Waals surface area (Å²) in [6.45, 7) is 0.200. The van der Waals surface area contributed by atoms with Crippen LogP contribution >= 0.6 is 11.6 Å². The van der Waals surface area contributed by atoms with Crippen molar-refractivity contribution in [2.45, 2.75) is 0 Å². The number of carbonyl (C=O) groups is 1. The number of nitrogens with one attached hydrogen (secondary N) is 1. The molecule has 0 unspecified atom stereocenters. The van der Waals surface area contributed by atoms with Crippen molar-refractivity contribution in [1.29, 1.82) is 0 Å². The lowest BCUT2D eigenvalue weighted by Gasteiger charge is -2.05. The summed E-state index contributed by atoms with van der Waals surface area (Å²) in [5.41, 5.74) is 0.378. The molecule has 1 aromatic carbocycles. The van der Waals surface area contributed by atoms with Crippen LogP contribution < -0.4 is 14.8 Å². The first kappa shape index (κ1) is 11.0. The molecular formula is C10H10ClNO4. The summed E-state index contributed by atoms with van der Waals surface area (Å²) in [6, 6.07) is 3.06. The van der Waals surface area contributed by atoms with Gasteiger partial charge >= 0.3 is 0 Å². The number of ether oxygens (including phenoxy) is 2. The van der Waals surface area contributed by atoms with Gasteiger partial charge in [0.15, 0.2) is 11.5 Å². The van der Waals surface area contributed by atoms with Crippen molar-refractivity contribution in [2.75, 3.05) is 19.9 Å². The second-order valence-corrected chi connectivity index (χ2v) is 3.58. The van der Waals surface area contributed by atoms with Gasteiger partial charge < -0.3 is 19.9 Å². The van der Waals surface area contributed by atoms with Crippen molar-refractivity contribution >= 4 is 17.5 Å². The molecule has 6 heteroatoms. The van der Waals surface area contributed by atoms with Crippen LogP contribution in [0.3, 0.4) is 0 Å². The summed E-state index contributed by atoms with van der Waals surface area (Å²) in [6.07, 6.45) is 0. The maximum absolute atomic E-state index is 11.6. The number of aliphatic hydroxyl groups excluding tert-OH is 1. The maximum Gasteiger partial charge on any atom is 0.251 e. The monoisotopic (exact) mass is 243 g/mol. The van der Waals surface area contributed by atoms with Gasteiger partial charge in [-0.3, -0.25) is 4.79 Å².